The number of H-pyrrole nitrogens is 1. The minimum atomic E-state index is -0.257. The summed E-state index contributed by atoms with van der Waals surface area (Å²) in [7, 11) is 0. The number of aromatic nitrogens is 2. The number of carbonyl (C=O) groups is 1. The van der Waals surface area contributed by atoms with E-state index in [1.54, 1.807) is 0 Å². The molecule has 0 atom stereocenters. The molecule has 3 rings (SSSR count). The molecular weight excluding hydrogens is 370 g/mol. The molecule has 0 radical (unpaired) electrons. The first kappa shape index (κ1) is 17.0. The van der Waals surface area contributed by atoms with Crippen LogP contribution in [0, 0.1) is 0 Å². The van der Waals surface area contributed by atoms with E-state index in [1.165, 1.54) is 12.8 Å². The van der Waals surface area contributed by atoms with Crippen molar-refractivity contribution in [2.24, 2.45) is 0 Å². The van der Waals surface area contributed by atoms with Gasteiger partial charge < -0.3 is 10.1 Å². The van der Waals surface area contributed by atoms with Gasteiger partial charge in [-0.25, -0.2) is 0 Å². The number of ether oxygens (including phenoxy) is 1. The minimum Gasteiger partial charge on any atom is -0.488 e. The second-order valence-electron chi connectivity index (χ2n) is 6.43. The van der Waals surface area contributed by atoms with Gasteiger partial charge in [-0.05, 0) is 59.7 Å². The van der Waals surface area contributed by atoms with E-state index in [2.05, 4.69) is 31.4 Å². The molecule has 1 saturated carbocycles. The highest BCUT2D eigenvalue weighted by molar-refractivity contribution is 9.10. The van der Waals surface area contributed by atoms with Gasteiger partial charge >= 0.3 is 0 Å². The summed E-state index contributed by atoms with van der Waals surface area (Å²) in [5.41, 5.74) is 1.94. The van der Waals surface area contributed by atoms with Crippen LogP contribution in [0.2, 0.25) is 0 Å². The van der Waals surface area contributed by atoms with Crippen molar-refractivity contribution >= 4 is 27.5 Å². The summed E-state index contributed by atoms with van der Waals surface area (Å²) in [6, 6.07) is 7.55. The summed E-state index contributed by atoms with van der Waals surface area (Å²) in [6.45, 7) is 4.09. The first-order valence-electron chi connectivity index (χ1n) is 8.37. The van der Waals surface area contributed by atoms with Crippen molar-refractivity contribution in [3.8, 4) is 5.75 Å². The molecule has 2 aromatic rings. The zero-order chi connectivity index (χ0) is 17.1. The van der Waals surface area contributed by atoms with Gasteiger partial charge in [-0.1, -0.05) is 26.0 Å². The smallest absolute Gasteiger partial charge is 0.277 e. The Bertz CT molecular complexity index is 721. The molecule has 1 heterocycles. The van der Waals surface area contributed by atoms with Gasteiger partial charge in [0.05, 0.1) is 22.0 Å². The normalized spacial score (nSPS) is 15.0. The van der Waals surface area contributed by atoms with E-state index in [-0.39, 0.29) is 17.9 Å². The number of rotatable bonds is 5. The van der Waals surface area contributed by atoms with E-state index >= 15 is 0 Å². The number of amides is 1. The average molecular weight is 392 g/mol. The highest BCUT2D eigenvalue weighted by Crippen LogP contribution is 2.31. The van der Waals surface area contributed by atoms with Gasteiger partial charge in [0, 0.05) is 0 Å². The summed E-state index contributed by atoms with van der Waals surface area (Å²) >= 11 is 3.47. The molecule has 5 nitrogen and oxygen atoms in total. The maximum atomic E-state index is 12.6. The molecule has 1 aliphatic carbocycles. The Morgan fingerprint density at radius 3 is 2.71 bits per heavy atom. The lowest BCUT2D eigenvalue weighted by molar-refractivity contribution is 0.102. The molecule has 24 heavy (non-hydrogen) atoms. The lowest BCUT2D eigenvalue weighted by atomic mass is 10.1. The molecule has 0 bridgehead atoms. The van der Waals surface area contributed by atoms with Crippen LogP contribution in [0.3, 0.4) is 0 Å². The minimum absolute atomic E-state index is 0.243. The van der Waals surface area contributed by atoms with Crippen LogP contribution in [0.25, 0.3) is 0 Å². The highest BCUT2D eigenvalue weighted by atomic mass is 79.9. The number of hydrogen-bond acceptors (Lipinski definition) is 3. The van der Waals surface area contributed by atoms with E-state index < -0.39 is 0 Å². The van der Waals surface area contributed by atoms with Crippen molar-refractivity contribution in [1.29, 1.82) is 0 Å². The standard InChI is InChI=1S/C18H22BrN3O2/c1-11(2)16-15(19)17(22-21-16)18(23)20-13-9-5-6-10-14(13)24-12-7-3-4-8-12/h5-6,9-12H,3-4,7-8H2,1-2H3,(H,20,23)(H,21,22). The van der Waals surface area contributed by atoms with Crippen molar-refractivity contribution in [3.05, 3.63) is 40.1 Å². The summed E-state index contributed by atoms with van der Waals surface area (Å²) in [5.74, 6) is 0.715. The van der Waals surface area contributed by atoms with Crippen LogP contribution in [0.5, 0.6) is 5.75 Å². The number of hydrogen-bond donors (Lipinski definition) is 2. The molecule has 0 spiro atoms. The Labute approximate surface area is 150 Å². The van der Waals surface area contributed by atoms with Crippen LogP contribution in [-0.4, -0.2) is 22.2 Å². The van der Waals surface area contributed by atoms with Gasteiger partial charge in [0.25, 0.3) is 5.91 Å². The number of aromatic amines is 1. The topological polar surface area (TPSA) is 67.0 Å². The Morgan fingerprint density at radius 2 is 2.04 bits per heavy atom. The zero-order valence-electron chi connectivity index (χ0n) is 13.9. The lowest BCUT2D eigenvalue weighted by Crippen LogP contribution is -2.16. The van der Waals surface area contributed by atoms with Crippen molar-refractivity contribution in [1.82, 2.24) is 10.2 Å². The van der Waals surface area contributed by atoms with E-state index in [0.29, 0.717) is 21.6 Å². The van der Waals surface area contributed by atoms with Crippen LogP contribution in [0.4, 0.5) is 5.69 Å². The molecule has 1 amide bonds. The molecule has 128 valence electrons. The molecule has 0 saturated heterocycles. The van der Waals surface area contributed by atoms with Gasteiger partial charge in [0.2, 0.25) is 0 Å². The maximum Gasteiger partial charge on any atom is 0.277 e. The number of para-hydroxylation sites is 2. The number of nitrogens with zero attached hydrogens (tertiary/aromatic N) is 1. The third-order valence-corrected chi connectivity index (χ3v) is 5.06. The van der Waals surface area contributed by atoms with Crippen molar-refractivity contribution in [3.63, 3.8) is 0 Å². The number of benzene rings is 1. The zero-order valence-corrected chi connectivity index (χ0v) is 15.5. The van der Waals surface area contributed by atoms with E-state index in [9.17, 15) is 4.79 Å². The molecule has 6 heteroatoms. The predicted molar refractivity (Wildman–Crippen MR) is 97.7 cm³/mol. The Hall–Kier alpha value is -1.82. The van der Waals surface area contributed by atoms with Gasteiger partial charge in [0.1, 0.15) is 5.75 Å². The maximum absolute atomic E-state index is 12.6. The summed E-state index contributed by atoms with van der Waals surface area (Å²) < 4.78 is 6.77. The Balaban J connectivity index is 1.77. The number of carbonyl (C=O) groups excluding carboxylic acids is 1. The summed E-state index contributed by atoms with van der Waals surface area (Å²) in [6.07, 6.45) is 4.80. The second kappa shape index (κ2) is 7.38. The molecule has 1 aromatic heterocycles. The molecule has 2 N–H and O–H groups in total. The van der Waals surface area contributed by atoms with Crippen LogP contribution >= 0.6 is 15.9 Å². The fourth-order valence-corrected chi connectivity index (χ4v) is 3.73. The Kier molecular flexibility index (Phi) is 5.23. The van der Waals surface area contributed by atoms with Gasteiger partial charge in [-0.15, -0.1) is 0 Å². The number of halogens is 1. The monoisotopic (exact) mass is 391 g/mol. The molecule has 0 aliphatic heterocycles. The van der Waals surface area contributed by atoms with Gasteiger partial charge in [0.15, 0.2) is 5.69 Å². The molecular formula is C18H22BrN3O2. The SMILES string of the molecule is CC(C)c1[nH]nc(C(=O)Nc2ccccc2OC2CCCC2)c1Br. The van der Waals surface area contributed by atoms with Crippen LogP contribution in [-0.2, 0) is 0 Å². The van der Waals surface area contributed by atoms with E-state index in [1.807, 2.05) is 38.1 Å². The molecule has 1 aromatic carbocycles. The Morgan fingerprint density at radius 1 is 1.33 bits per heavy atom. The van der Waals surface area contributed by atoms with Gasteiger partial charge in [-0.2, -0.15) is 5.10 Å². The van der Waals surface area contributed by atoms with E-state index in [0.717, 1.165) is 18.5 Å². The van der Waals surface area contributed by atoms with Crippen LogP contribution < -0.4 is 10.1 Å². The summed E-state index contributed by atoms with van der Waals surface area (Å²) in [4.78, 5) is 12.6. The second-order valence-corrected chi connectivity index (χ2v) is 7.22. The predicted octanol–water partition coefficient (Wildman–Crippen LogP) is 4.87. The quantitative estimate of drug-likeness (QED) is 0.763. The third kappa shape index (κ3) is 3.64. The van der Waals surface area contributed by atoms with Crippen molar-refractivity contribution < 1.29 is 9.53 Å². The number of nitrogens with one attached hydrogen (secondary N) is 2. The first-order chi connectivity index (χ1) is 11.6. The molecule has 1 fully saturated rings. The van der Waals surface area contributed by atoms with Crippen LogP contribution in [0.15, 0.2) is 28.7 Å². The lowest BCUT2D eigenvalue weighted by Gasteiger charge is -2.16. The third-order valence-electron chi connectivity index (χ3n) is 4.26. The molecule has 0 unspecified atom stereocenters. The number of anilines is 1. The largest absolute Gasteiger partial charge is 0.488 e. The highest BCUT2D eigenvalue weighted by Gasteiger charge is 2.22. The average Bonchev–Trinajstić information content (AvgIpc) is 3.18. The fraction of sp³-hybridized carbons (Fsp3) is 0.444. The van der Waals surface area contributed by atoms with Gasteiger partial charge in [-0.3, -0.25) is 9.89 Å². The van der Waals surface area contributed by atoms with Crippen LogP contribution in [0.1, 0.15) is 61.6 Å². The fourth-order valence-electron chi connectivity index (χ4n) is 2.91. The molecule has 1 aliphatic rings. The van der Waals surface area contributed by atoms with Crippen molar-refractivity contribution in [2.75, 3.05) is 5.32 Å². The summed E-state index contributed by atoms with van der Waals surface area (Å²) in [5, 5.41) is 9.98. The van der Waals surface area contributed by atoms with Crippen molar-refractivity contribution in [2.45, 2.75) is 51.6 Å². The van der Waals surface area contributed by atoms with E-state index in [4.69, 9.17) is 4.74 Å². The first-order valence-corrected chi connectivity index (χ1v) is 9.16.